The second-order valence-electron chi connectivity index (χ2n) is 4.04. The van der Waals surface area contributed by atoms with E-state index >= 15 is 0 Å². The van der Waals surface area contributed by atoms with Gasteiger partial charge in [0.1, 0.15) is 5.75 Å². The summed E-state index contributed by atoms with van der Waals surface area (Å²) in [5.74, 6) is 0.965. The average molecular weight is 218 g/mol. The van der Waals surface area contributed by atoms with Crippen LogP contribution in [-0.4, -0.2) is 18.2 Å². The lowest BCUT2D eigenvalue weighted by molar-refractivity contribution is 0.410. The summed E-state index contributed by atoms with van der Waals surface area (Å²) in [5.41, 5.74) is 8.03. The first kappa shape index (κ1) is 11.0. The van der Waals surface area contributed by atoms with E-state index in [1.165, 1.54) is 16.5 Å². The standard InChI is InChI=1S/C13H18N2O/c1-15-7-5-10-9-13(16-2)11(4-3-6-14)8-12(10)15/h5,7-9H,3-4,6,14H2,1-2H3. The summed E-state index contributed by atoms with van der Waals surface area (Å²) < 4.78 is 7.54. The highest BCUT2D eigenvalue weighted by atomic mass is 16.5. The van der Waals surface area contributed by atoms with Crippen LogP contribution in [0.5, 0.6) is 5.75 Å². The number of aromatic nitrogens is 1. The summed E-state index contributed by atoms with van der Waals surface area (Å²) in [7, 11) is 3.78. The lowest BCUT2D eigenvalue weighted by atomic mass is 10.1. The minimum absolute atomic E-state index is 0.717. The smallest absolute Gasteiger partial charge is 0.122 e. The van der Waals surface area contributed by atoms with Gasteiger partial charge in [-0.1, -0.05) is 0 Å². The second kappa shape index (κ2) is 4.58. The maximum absolute atomic E-state index is 5.54. The number of hydrogen-bond donors (Lipinski definition) is 1. The molecule has 1 aromatic carbocycles. The summed E-state index contributed by atoms with van der Waals surface area (Å²) in [6.07, 6.45) is 4.03. The molecule has 0 bridgehead atoms. The molecule has 0 saturated carbocycles. The third-order valence-corrected chi connectivity index (χ3v) is 2.94. The van der Waals surface area contributed by atoms with Gasteiger partial charge in [0.25, 0.3) is 0 Å². The van der Waals surface area contributed by atoms with Crippen molar-refractivity contribution < 1.29 is 4.74 Å². The van der Waals surface area contributed by atoms with Crippen LogP contribution in [0.25, 0.3) is 10.9 Å². The molecule has 0 radical (unpaired) electrons. The van der Waals surface area contributed by atoms with Crippen molar-refractivity contribution in [3.05, 3.63) is 30.0 Å². The predicted molar refractivity (Wildman–Crippen MR) is 66.8 cm³/mol. The first-order valence-corrected chi connectivity index (χ1v) is 5.58. The highest BCUT2D eigenvalue weighted by Crippen LogP contribution is 2.27. The van der Waals surface area contributed by atoms with E-state index in [9.17, 15) is 0 Å². The summed E-state index contributed by atoms with van der Waals surface area (Å²) in [5, 5.41) is 1.22. The van der Waals surface area contributed by atoms with Gasteiger partial charge in [0.05, 0.1) is 7.11 Å². The number of hydrogen-bond acceptors (Lipinski definition) is 2. The van der Waals surface area contributed by atoms with Crippen molar-refractivity contribution >= 4 is 10.9 Å². The van der Waals surface area contributed by atoms with Crippen LogP contribution >= 0.6 is 0 Å². The van der Waals surface area contributed by atoms with Gasteiger partial charge in [-0.3, -0.25) is 0 Å². The van der Waals surface area contributed by atoms with E-state index in [2.05, 4.69) is 36.0 Å². The van der Waals surface area contributed by atoms with Gasteiger partial charge in [-0.15, -0.1) is 0 Å². The molecule has 86 valence electrons. The summed E-state index contributed by atoms with van der Waals surface area (Å²) in [6, 6.07) is 6.40. The number of methoxy groups -OCH3 is 1. The molecule has 2 rings (SSSR count). The highest BCUT2D eigenvalue weighted by molar-refractivity contribution is 5.82. The van der Waals surface area contributed by atoms with Crippen LogP contribution in [0.3, 0.4) is 0 Å². The van der Waals surface area contributed by atoms with Crippen molar-refractivity contribution in [3.8, 4) is 5.75 Å². The molecule has 2 aromatic rings. The monoisotopic (exact) mass is 218 g/mol. The molecule has 0 spiro atoms. The average Bonchev–Trinajstić information content (AvgIpc) is 2.66. The number of nitrogens with two attached hydrogens (primary N) is 1. The molecule has 1 aromatic heterocycles. The van der Waals surface area contributed by atoms with Crippen LogP contribution in [0.1, 0.15) is 12.0 Å². The van der Waals surface area contributed by atoms with Crippen molar-refractivity contribution in [1.82, 2.24) is 4.57 Å². The lowest BCUT2D eigenvalue weighted by Gasteiger charge is -2.09. The van der Waals surface area contributed by atoms with Crippen molar-refractivity contribution in [2.75, 3.05) is 13.7 Å². The van der Waals surface area contributed by atoms with Crippen molar-refractivity contribution in [2.24, 2.45) is 12.8 Å². The van der Waals surface area contributed by atoms with Crippen LogP contribution in [-0.2, 0) is 13.5 Å². The van der Waals surface area contributed by atoms with Crippen molar-refractivity contribution in [1.29, 1.82) is 0 Å². The molecule has 2 N–H and O–H groups in total. The quantitative estimate of drug-likeness (QED) is 0.853. The molecule has 0 aliphatic carbocycles. The Morgan fingerprint density at radius 3 is 2.88 bits per heavy atom. The molecule has 0 aliphatic heterocycles. The van der Waals surface area contributed by atoms with Gasteiger partial charge in [0.2, 0.25) is 0 Å². The number of nitrogens with zero attached hydrogens (tertiary/aromatic N) is 1. The van der Waals surface area contributed by atoms with E-state index in [1.807, 2.05) is 0 Å². The molecule has 3 nitrogen and oxygen atoms in total. The van der Waals surface area contributed by atoms with Crippen molar-refractivity contribution in [2.45, 2.75) is 12.8 Å². The Morgan fingerprint density at radius 2 is 2.19 bits per heavy atom. The number of ether oxygens (including phenoxy) is 1. The minimum atomic E-state index is 0.717. The van der Waals surface area contributed by atoms with E-state index in [0.717, 1.165) is 18.6 Å². The molecule has 1 heterocycles. The molecule has 0 fully saturated rings. The molecule has 0 aliphatic rings. The third kappa shape index (κ3) is 1.91. The lowest BCUT2D eigenvalue weighted by Crippen LogP contribution is -2.02. The van der Waals surface area contributed by atoms with Gasteiger partial charge in [-0.25, -0.2) is 0 Å². The van der Waals surface area contributed by atoms with Gasteiger partial charge >= 0.3 is 0 Å². The summed E-state index contributed by atoms with van der Waals surface area (Å²) >= 11 is 0. The number of fused-ring (bicyclic) bond motifs is 1. The zero-order valence-electron chi connectivity index (χ0n) is 9.86. The van der Waals surface area contributed by atoms with Gasteiger partial charge in [0, 0.05) is 24.1 Å². The second-order valence-corrected chi connectivity index (χ2v) is 4.04. The van der Waals surface area contributed by atoms with Crippen LogP contribution in [0, 0.1) is 0 Å². The molecule has 0 saturated heterocycles. The van der Waals surface area contributed by atoms with Crippen LogP contribution in [0.4, 0.5) is 0 Å². The molecule has 0 unspecified atom stereocenters. The number of benzene rings is 1. The zero-order valence-corrected chi connectivity index (χ0v) is 9.86. The molecule has 16 heavy (non-hydrogen) atoms. The maximum atomic E-state index is 5.54. The normalized spacial score (nSPS) is 10.9. The van der Waals surface area contributed by atoms with Gasteiger partial charge < -0.3 is 15.0 Å². The van der Waals surface area contributed by atoms with E-state index in [1.54, 1.807) is 7.11 Å². The minimum Gasteiger partial charge on any atom is -0.496 e. The number of aryl methyl sites for hydroxylation is 2. The van der Waals surface area contributed by atoms with E-state index in [4.69, 9.17) is 10.5 Å². The fraction of sp³-hybridized carbons (Fsp3) is 0.385. The Kier molecular flexibility index (Phi) is 3.15. The number of rotatable bonds is 4. The van der Waals surface area contributed by atoms with E-state index < -0.39 is 0 Å². The van der Waals surface area contributed by atoms with Crippen LogP contribution < -0.4 is 10.5 Å². The van der Waals surface area contributed by atoms with Crippen LogP contribution in [0.15, 0.2) is 24.4 Å². The Balaban J connectivity index is 2.47. The molecule has 0 amide bonds. The van der Waals surface area contributed by atoms with Crippen LogP contribution in [0.2, 0.25) is 0 Å². The Labute approximate surface area is 95.8 Å². The SMILES string of the molecule is COc1cc2ccn(C)c2cc1CCCN. The Hall–Kier alpha value is -1.48. The Bertz CT molecular complexity index is 488. The third-order valence-electron chi connectivity index (χ3n) is 2.94. The van der Waals surface area contributed by atoms with Gasteiger partial charge in [0.15, 0.2) is 0 Å². The van der Waals surface area contributed by atoms with Gasteiger partial charge in [-0.2, -0.15) is 0 Å². The Morgan fingerprint density at radius 1 is 1.38 bits per heavy atom. The molecular formula is C13H18N2O. The van der Waals surface area contributed by atoms with E-state index in [-0.39, 0.29) is 0 Å². The molecule has 0 atom stereocenters. The predicted octanol–water partition coefficient (Wildman–Crippen LogP) is 2.08. The van der Waals surface area contributed by atoms with E-state index in [0.29, 0.717) is 6.54 Å². The highest BCUT2D eigenvalue weighted by Gasteiger charge is 2.07. The first-order chi connectivity index (χ1) is 7.76. The molecular weight excluding hydrogens is 200 g/mol. The summed E-state index contributed by atoms with van der Waals surface area (Å²) in [6.45, 7) is 0.717. The fourth-order valence-corrected chi connectivity index (χ4v) is 2.02. The largest absolute Gasteiger partial charge is 0.496 e. The topological polar surface area (TPSA) is 40.2 Å². The summed E-state index contributed by atoms with van der Waals surface area (Å²) in [4.78, 5) is 0. The van der Waals surface area contributed by atoms with Crippen molar-refractivity contribution in [3.63, 3.8) is 0 Å². The fourth-order valence-electron chi connectivity index (χ4n) is 2.02. The van der Waals surface area contributed by atoms with Gasteiger partial charge in [-0.05, 0) is 43.1 Å². The zero-order chi connectivity index (χ0) is 11.5. The first-order valence-electron chi connectivity index (χ1n) is 5.58. The maximum Gasteiger partial charge on any atom is 0.122 e. The molecule has 3 heteroatoms.